The largest absolute Gasteiger partial charge is 0.496 e. The second-order valence-corrected chi connectivity index (χ2v) is 8.52. The first-order valence-electron chi connectivity index (χ1n) is 6.93. The van der Waals surface area contributed by atoms with Crippen molar-refractivity contribution in [2.24, 2.45) is 0 Å². The van der Waals surface area contributed by atoms with E-state index in [1.54, 1.807) is 18.4 Å². The third kappa shape index (κ3) is 4.94. The van der Waals surface area contributed by atoms with E-state index in [1.807, 2.05) is 6.07 Å². The number of rotatable bonds is 7. The van der Waals surface area contributed by atoms with Crippen molar-refractivity contribution in [1.29, 1.82) is 0 Å². The Balaban J connectivity index is 2.16. The minimum absolute atomic E-state index is 0.366. The Labute approximate surface area is 152 Å². The first kappa shape index (κ1) is 17.2. The molecule has 0 spiro atoms. The number of halogens is 2. The molecule has 0 aliphatic carbocycles. The van der Waals surface area contributed by atoms with Crippen LogP contribution in [0.25, 0.3) is 0 Å². The highest BCUT2D eigenvalue weighted by Crippen LogP contribution is 2.29. The fraction of sp³-hybridized carbons (Fsp3) is 0.375. The average molecular weight is 480 g/mol. The summed E-state index contributed by atoms with van der Waals surface area (Å²) in [6.45, 7) is 3.24. The van der Waals surface area contributed by atoms with Crippen LogP contribution >= 0.6 is 49.9 Å². The lowest BCUT2D eigenvalue weighted by atomic mass is 10.0. The highest BCUT2D eigenvalue weighted by atomic mass is 127. The van der Waals surface area contributed by atoms with Gasteiger partial charge >= 0.3 is 0 Å². The van der Waals surface area contributed by atoms with E-state index in [0.717, 1.165) is 29.6 Å². The van der Waals surface area contributed by atoms with Gasteiger partial charge in [0.1, 0.15) is 5.75 Å². The monoisotopic (exact) mass is 479 g/mol. The van der Waals surface area contributed by atoms with Gasteiger partial charge in [-0.15, -0.1) is 11.3 Å². The van der Waals surface area contributed by atoms with Crippen molar-refractivity contribution in [2.75, 3.05) is 13.7 Å². The molecule has 2 nitrogen and oxygen atoms in total. The fourth-order valence-corrected chi connectivity index (χ4v) is 4.22. The van der Waals surface area contributed by atoms with E-state index in [0.29, 0.717) is 6.04 Å². The van der Waals surface area contributed by atoms with Crippen LogP contribution in [-0.2, 0) is 6.42 Å². The van der Waals surface area contributed by atoms with E-state index in [4.69, 9.17) is 4.74 Å². The van der Waals surface area contributed by atoms with E-state index in [1.165, 1.54) is 14.0 Å². The number of benzene rings is 1. The second kappa shape index (κ2) is 8.50. The number of nitrogens with one attached hydrogen (secondary N) is 1. The summed E-state index contributed by atoms with van der Waals surface area (Å²) >= 11 is 7.75. The standard InChI is InChI=1S/C16H19BrINOS/c1-3-6-19-14(12-9-16(18)21-10-12)8-11-4-5-15(20-2)13(17)7-11/h4-5,7,9-10,14,19H,3,6,8H2,1-2H3. The molecule has 0 aliphatic heterocycles. The van der Waals surface area contributed by atoms with Crippen molar-refractivity contribution < 1.29 is 4.74 Å². The molecule has 1 unspecified atom stereocenters. The van der Waals surface area contributed by atoms with E-state index in [2.05, 4.69) is 74.3 Å². The van der Waals surface area contributed by atoms with Gasteiger partial charge in [-0.1, -0.05) is 13.0 Å². The molecule has 1 aromatic heterocycles. The molecule has 0 aliphatic rings. The Morgan fingerprint density at radius 1 is 1.38 bits per heavy atom. The van der Waals surface area contributed by atoms with Gasteiger partial charge in [0.05, 0.1) is 14.5 Å². The van der Waals surface area contributed by atoms with Crippen molar-refractivity contribution in [1.82, 2.24) is 5.32 Å². The topological polar surface area (TPSA) is 21.3 Å². The first-order chi connectivity index (χ1) is 10.1. The van der Waals surface area contributed by atoms with Gasteiger partial charge in [0.2, 0.25) is 0 Å². The molecular formula is C16H19BrINOS. The van der Waals surface area contributed by atoms with Crippen LogP contribution in [0.4, 0.5) is 0 Å². The van der Waals surface area contributed by atoms with Crippen LogP contribution in [0.1, 0.15) is 30.5 Å². The fourth-order valence-electron chi connectivity index (χ4n) is 2.21. The Morgan fingerprint density at radius 2 is 2.19 bits per heavy atom. The van der Waals surface area contributed by atoms with Crippen LogP contribution in [0.15, 0.2) is 34.1 Å². The zero-order valence-corrected chi connectivity index (χ0v) is 16.7. The molecule has 2 aromatic rings. The highest BCUT2D eigenvalue weighted by Gasteiger charge is 2.14. The zero-order valence-electron chi connectivity index (χ0n) is 12.2. The molecule has 1 aromatic carbocycles. The van der Waals surface area contributed by atoms with E-state index in [9.17, 15) is 0 Å². The summed E-state index contributed by atoms with van der Waals surface area (Å²) in [6, 6.07) is 8.95. The first-order valence-corrected chi connectivity index (χ1v) is 9.69. The molecule has 0 amide bonds. The van der Waals surface area contributed by atoms with Gasteiger partial charge in [-0.25, -0.2) is 0 Å². The molecule has 0 saturated heterocycles. The van der Waals surface area contributed by atoms with Gasteiger partial charge < -0.3 is 10.1 Å². The summed E-state index contributed by atoms with van der Waals surface area (Å²) in [5.74, 6) is 0.877. The molecule has 114 valence electrons. The van der Waals surface area contributed by atoms with Crippen molar-refractivity contribution in [3.63, 3.8) is 0 Å². The van der Waals surface area contributed by atoms with Crippen LogP contribution in [0.3, 0.4) is 0 Å². The Kier molecular flexibility index (Phi) is 6.98. The van der Waals surface area contributed by atoms with Crippen LogP contribution < -0.4 is 10.1 Å². The predicted molar refractivity (Wildman–Crippen MR) is 102 cm³/mol. The lowest BCUT2D eigenvalue weighted by Crippen LogP contribution is -2.23. The number of hydrogen-bond acceptors (Lipinski definition) is 3. The van der Waals surface area contributed by atoms with Gasteiger partial charge in [0.15, 0.2) is 0 Å². The normalized spacial score (nSPS) is 12.4. The van der Waals surface area contributed by atoms with Gasteiger partial charge in [0, 0.05) is 6.04 Å². The predicted octanol–water partition coefficient (Wildman–Crippen LogP) is 5.41. The Morgan fingerprint density at radius 3 is 2.76 bits per heavy atom. The molecular weight excluding hydrogens is 461 g/mol. The number of methoxy groups -OCH3 is 1. The van der Waals surface area contributed by atoms with Crippen molar-refractivity contribution in [3.8, 4) is 5.75 Å². The molecule has 0 fully saturated rings. The molecule has 0 bridgehead atoms. The van der Waals surface area contributed by atoms with Crippen molar-refractivity contribution in [2.45, 2.75) is 25.8 Å². The summed E-state index contributed by atoms with van der Waals surface area (Å²) in [4.78, 5) is 0. The second-order valence-electron chi connectivity index (χ2n) is 4.86. The lowest BCUT2D eigenvalue weighted by Gasteiger charge is -2.18. The van der Waals surface area contributed by atoms with Crippen LogP contribution in [0, 0.1) is 2.88 Å². The van der Waals surface area contributed by atoms with Crippen molar-refractivity contribution >= 4 is 49.9 Å². The molecule has 1 N–H and O–H groups in total. The summed E-state index contributed by atoms with van der Waals surface area (Å²) in [5, 5.41) is 5.91. The van der Waals surface area contributed by atoms with Gasteiger partial charge in [-0.05, 0) is 92.6 Å². The molecule has 1 atom stereocenters. The number of hydrogen-bond donors (Lipinski definition) is 1. The molecule has 5 heteroatoms. The maximum atomic E-state index is 5.30. The summed E-state index contributed by atoms with van der Waals surface area (Å²) < 4.78 is 7.64. The number of ether oxygens (including phenoxy) is 1. The maximum absolute atomic E-state index is 5.30. The summed E-state index contributed by atoms with van der Waals surface area (Å²) in [7, 11) is 1.69. The Hall–Kier alpha value is -0.110. The maximum Gasteiger partial charge on any atom is 0.133 e. The van der Waals surface area contributed by atoms with Crippen LogP contribution in [0.5, 0.6) is 5.75 Å². The third-order valence-electron chi connectivity index (χ3n) is 3.29. The van der Waals surface area contributed by atoms with E-state index in [-0.39, 0.29) is 0 Å². The third-order valence-corrected chi connectivity index (χ3v) is 5.71. The molecule has 2 rings (SSSR count). The van der Waals surface area contributed by atoms with Gasteiger partial charge in [-0.3, -0.25) is 0 Å². The summed E-state index contributed by atoms with van der Waals surface area (Å²) in [6.07, 6.45) is 2.12. The SMILES string of the molecule is CCCNC(Cc1ccc(OC)c(Br)c1)c1csc(I)c1. The van der Waals surface area contributed by atoms with Crippen LogP contribution in [0.2, 0.25) is 0 Å². The highest BCUT2D eigenvalue weighted by molar-refractivity contribution is 14.1. The van der Waals surface area contributed by atoms with Crippen molar-refractivity contribution in [3.05, 3.63) is 48.1 Å². The van der Waals surface area contributed by atoms with E-state index < -0.39 is 0 Å². The zero-order chi connectivity index (χ0) is 15.2. The van der Waals surface area contributed by atoms with Crippen LogP contribution in [-0.4, -0.2) is 13.7 Å². The smallest absolute Gasteiger partial charge is 0.133 e. The molecule has 0 saturated carbocycles. The number of thiophene rings is 1. The van der Waals surface area contributed by atoms with Gasteiger partial charge in [-0.2, -0.15) is 0 Å². The molecule has 21 heavy (non-hydrogen) atoms. The summed E-state index contributed by atoms with van der Waals surface area (Å²) in [5.41, 5.74) is 2.68. The average Bonchev–Trinajstić information content (AvgIpc) is 2.90. The minimum atomic E-state index is 0.366. The van der Waals surface area contributed by atoms with Gasteiger partial charge in [0.25, 0.3) is 0 Å². The van der Waals surface area contributed by atoms with E-state index >= 15 is 0 Å². The minimum Gasteiger partial charge on any atom is -0.496 e. The molecule has 0 radical (unpaired) electrons. The quantitative estimate of drug-likeness (QED) is 0.536. The molecule has 1 heterocycles. The Bertz CT molecular complexity index is 587. The lowest BCUT2D eigenvalue weighted by molar-refractivity contribution is 0.412.